The summed E-state index contributed by atoms with van der Waals surface area (Å²) in [6.07, 6.45) is 3.06. The second kappa shape index (κ2) is 5.82. The molecule has 0 aliphatic rings. The van der Waals surface area contributed by atoms with Crippen molar-refractivity contribution in [2.24, 2.45) is 0 Å². The molecule has 0 atom stereocenters. The van der Waals surface area contributed by atoms with E-state index < -0.39 is 0 Å². The second-order valence-electron chi connectivity index (χ2n) is 4.45. The predicted octanol–water partition coefficient (Wildman–Crippen LogP) is 2.33. The van der Waals surface area contributed by atoms with Crippen molar-refractivity contribution in [3.63, 3.8) is 0 Å². The van der Waals surface area contributed by atoms with Crippen molar-refractivity contribution >= 4 is 23.1 Å². The zero-order valence-corrected chi connectivity index (χ0v) is 11.5. The van der Waals surface area contributed by atoms with Gasteiger partial charge in [0, 0.05) is 24.3 Å². The zero-order valence-electron chi connectivity index (χ0n) is 9.83. The van der Waals surface area contributed by atoms with Gasteiger partial charge in [0.25, 0.3) is 0 Å². The standard InChI is InChI=1S/C10H19N3S2/c1-10(2,3)11-6-5-8-12-13-9(15-8)7-14-4/h11H,5-7H2,1-4H3. The Morgan fingerprint density at radius 1 is 1.27 bits per heavy atom. The molecule has 0 spiro atoms. The van der Waals surface area contributed by atoms with Crippen molar-refractivity contribution in [3.05, 3.63) is 10.0 Å². The summed E-state index contributed by atoms with van der Waals surface area (Å²) >= 11 is 3.51. The van der Waals surface area contributed by atoms with Gasteiger partial charge in [0.1, 0.15) is 10.0 Å². The zero-order chi connectivity index (χ0) is 11.3. The van der Waals surface area contributed by atoms with Crippen molar-refractivity contribution in [2.75, 3.05) is 12.8 Å². The van der Waals surface area contributed by atoms with Gasteiger partial charge in [-0.25, -0.2) is 0 Å². The Kier molecular flexibility index (Phi) is 5.02. The number of hydrogen-bond donors (Lipinski definition) is 1. The van der Waals surface area contributed by atoms with Crippen LogP contribution in [0.4, 0.5) is 0 Å². The summed E-state index contributed by atoms with van der Waals surface area (Å²) in [6.45, 7) is 7.49. The smallest absolute Gasteiger partial charge is 0.127 e. The van der Waals surface area contributed by atoms with Crippen LogP contribution in [0.3, 0.4) is 0 Å². The summed E-state index contributed by atoms with van der Waals surface area (Å²) in [5, 5.41) is 14.0. The highest BCUT2D eigenvalue weighted by atomic mass is 32.2. The molecule has 1 aromatic heterocycles. The average Bonchev–Trinajstić information content (AvgIpc) is 2.51. The Balaban J connectivity index is 2.31. The van der Waals surface area contributed by atoms with E-state index in [9.17, 15) is 0 Å². The monoisotopic (exact) mass is 245 g/mol. The predicted molar refractivity (Wildman–Crippen MR) is 68.6 cm³/mol. The third-order valence-electron chi connectivity index (χ3n) is 1.77. The number of thioether (sulfide) groups is 1. The third kappa shape index (κ3) is 5.49. The molecular formula is C10H19N3S2. The first-order valence-corrected chi connectivity index (χ1v) is 7.27. The molecule has 1 heterocycles. The molecule has 1 aromatic rings. The Morgan fingerprint density at radius 2 is 1.93 bits per heavy atom. The molecular weight excluding hydrogens is 226 g/mol. The number of hydrogen-bond acceptors (Lipinski definition) is 5. The second-order valence-corrected chi connectivity index (χ2v) is 6.46. The molecule has 0 aliphatic heterocycles. The van der Waals surface area contributed by atoms with Gasteiger partial charge < -0.3 is 5.32 Å². The van der Waals surface area contributed by atoms with Crippen LogP contribution in [0.1, 0.15) is 30.8 Å². The maximum Gasteiger partial charge on any atom is 0.127 e. The van der Waals surface area contributed by atoms with Crippen molar-refractivity contribution in [1.82, 2.24) is 15.5 Å². The Morgan fingerprint density at radius 3 is 2.53 bits per heavy atom. The fraction of sp³-hybridized carbons (Fsp3) is 0.800. The molecule has 0 aliphatic carbocycles. The molecule has 0 fully saturated rings. The van der Waals surface area contributed by atoms with Crippen LogP contribution in [0.5, 0.6) is 0 Å². The van der Waals surface area contributed by atoms with E-state index in [-0.39, 0.29) is 5.54 Å². The van der Waals surface area contributed by atoms with Crippen molar-refractivity contribution in [1.29, 1.82) is 0 Å². The van der Waals surface area contributed by atoms with Gasteiger partial charge in [0.2, 0.25) is 0 Å². The minimum Gasteiger partial charge on any atom is -0.312 e. The Labute approximate surface area is 100 Å². The lowest BCUT2D eigenvalue weighted by Gasteiger charge is -2.19. The minimum atomic E-state index is 0.187. The van der Waals surface area contributed by atoms with Gasteiger partial charge in [-0.15, -0.1) is 21.5 Å². The molecule has 0 aromatic carbocycles. The molecule has 1 rings (SSSR count). The maximum atomic E-state index is 4.17. The van der Waals surface area contributed by atoms with Gasteiger partial charge in [0.05, 0.1) is 0 Å². The first-order chi connectivity index (χ1) is 7.01. The maximum absolute atomic E-state index is 4.17. The van der Waals surface area contributed by atoms with Gasteiger partial charge in [0.15, 0.2) is 0 Å². The van der Waals surface area contributed by atoms with E-state index in [4.69, 9.17) is 0 Å². The molecule has 0 saturated carbocycles. The van der Waals surface area contributed by atoms with E-state index in [1.54, 1.807) is 23.1 Å². The molecule has 0 saturated heterocycles. The van der Waals surface area contributed by atoms with Gasteiger partial charge in [-0.2, -0.15) is 11.8 Å². The van der Waals surface area contributed by atoms with Crippen LogP contribution in [-0.4, -0.2) is 28.5 Å². The number of aromatic nitrogens is 2. The van der Waals surface area contributed by atoms with E-state index in [1.807, 2.05) is 0 Å². The average molecular weight is 245 g/mol. The van der Waals surface area contributed by atoms with Crippen LogP contribution in [-0.2, 0) is 12.2 Å². The van der Waals surface area contributed by atoms with Crippen LogP contribution in [0, 0.1) is 0 Å². The van der Waals surface area contributed by atoms with Gasteiger partial charge in [-0.3, -0.25) is 0 Å². The van der Waals surface area contributed by atoms with Crippen molar-refractivity contribution < 1.29 is 0 Å². The number of nitrogens with one attached hydrogen (secondary N) is 1. The summed E-state index contributed by atoms with van der Waals surface area (Å²) in [4.78, 5) is 0. The molecule has 0 bridgehead atoms. The van der Waals surface area contributed by atoms with Crippen LogP contribution in [0.25, 0.3) is 0 Å². The number of nitrogens with zero attached hydrogens (tertiary/aromatic N) is 2. The van der Waals surface area contributed by atoms with E-state index in [0.29, 0.717) is 0 Å². The van der Waals surface area contributed by atoms with Gasteiger partial charge in [-0.1, -0.05) is 0 Å². The molecule has 0 unspecified atom stereocenters. The summed E-state index contributed by atoms with van der Waals surface area (Å²) in [6, 6.07) is 0. The molecule has 15 heavy (non-hydrogen) atoms. The van der Waals surface area contributed by atoms with Crippen LogP contribution in [0.15, 0.2) is 0 Å². The number of rotatable bonds is 5. The van der Waals surface area contributed by atoms with Crippen molar-refractivity contribution in [3.8, 4) is 0 Å². The minimum absolute atomic E-state index is 0.187. The molecule has 86 valence electrons. The lowest BCUT2D eigenvalue weighted by atomic mass is 10.1. The molecule has 5 heteroatoms. The van der Waals surface area contributed by atoms with Crippen LogP contribution < -0.4 is 5.32 Å². The topological polar surface area (TPSA) is 37.8 Å². The molecule has 3 nitrogen and oxygen atoms in total. The first kappa shape index (κ1) is 12.9. The van der Waals surface area contributed by atoms with E-state index in [2.05, 4.69) is 42.5 Å². The van der Waals surface area contributed by atoms with E-state index in [0.717, 1.165) is 28.7 Å². The van der Waals surface area contributed by atoms with Crippen molar-refractivity contribution in [2.45, 2.75) is 38.5 Å². The third-order valence-corrected chi connectivity index (χ3v) is 3.50. The lowest BCUT2D eigenvalue weighted by molar-refractivity contribution is 0.429. The van der Waals surface area contributed by atoms with Crippen LogP contribution in [0.2, 0.25) is 0 Å². The van der Waals surface area contributed by atoms with E-state index in [1.165, 1.54) is 0 Å². The highest BCUT2D eigenvalue weighted by molar-refractivity contribution is 7.97. The lowest BCUT2D eigenvalue weighted by Crippen LogP contribution is -2.37. The molecule has 0 amide bonds. The molecule has 1 N–H and O–H groups in total. The summed E-state index contributed by atoms with van der Waals surface area (Å²) in [5.41, 5.74) is 0.187. The quantitative estimate of drug-likeness (QED) is 0.864. The SMILES string of the molecule is CSCc1nnc(CCNC(C)(C)C)s1. The fourth-order valence-corrected chi connectivity index (χ4v) is 2.65. The normalized spacial score (nSPS) is 12.0. The van der Waals surface area contributed by atoms with Gasteiger partial charge >= 0.3 is 0 Å². The summed E-state index contributed by atoms with van der Waals surface area (Å²) in [5.74, 6) is 0.977. The Hall–Kier alpha value is -0.130. The van der Waals surface area contributed by atoms with Gasteiger partial charge in [-0.05, 0) is 27.0 Å². The Bertz CT molecular complexity index is 291. The fourth-order valence-electron chi connectivity index (χ4n) is 1.12. The molecule has 0 radical (unpaired) electrons. The summed E-state index contributed by atoms with van der Waals surface area (Å²) < 4.78 is 0. The largest absolute Gasteiger partial charge is 0.312 e. The highest BCUT2D eigenvalue weighted by Crippen LogP contribution is 2.15. The first-order valence-electron chi connectivity index (χ1n) is 5.06. The highest BCUT2D eigenvalue weighted by Gasteiger charge is 2.09. The van der Waals surface area contributed by atoms with Crippen LogP contribution >= 0.6 is 23.1 Å². The summed E-state index contributed by atoms with van der Waals surface area (Å²) in [7, 11) is 0. The van der Waals surface area contributed by atoms with E-state index >= 15 is 0 Å².